The second-order valence-electron chi connectivity index (χ2n) is 10.8. The van der Waals surface area contributed by atoms with Gasteiger partial charge in [-0.1, -0.05) is 42.5 Å². The second kappa shape index (κ2) is 10.9. The van der Waals surface area contributed by atoms with Crippen molar-refractivity contribution in [1.29, 1.82) is 0 Å². The molecule has 2 aromatic rings. The molecule has 0 saturated carbocycles. The third-order valence-corrected chi connectivity index (χ3v) is 8.53. The van der Waals surface area contributed by atoms with Gasteiger partial charge >= 0.3 is 0 Å². The van der Waals surface area contributed by atoms with Gasteiger partial charge in [0.15, 0.2) is 0 Å². The fourth-order valence-electron chi connectivity index (χ4n) is 6.83. The van der Waals surface area contributed by atoms with Crippen LogP contribution in [0.5, 0.6) is 0 Å². The van der Waals surface area contributed by atoms with Crippen molar-refractivity contribution in [2.75, 3.05) is 38.2 Å². The lowest BCUT2D eigenvalue weighted by atomic mass is 9.70. The largest absolute Gasteiger partial charge is 0.396 e. The van der Waals surface area contributed by atoms with E-state index in [0.717, 1.165) is 10.8 Å². The maximum Gasteiger partial charge on any atom is 0.253 e. The van der Waals surface area contributed by atoms with Crippen LogP contribution in [0, 0.1) is 11.8 Å². The molecule has 8 nitrogen and oxygen atoms in total. The van der Waals surface area contributed by atoms with E-state index < -0.39 is 29.6 Å². The Hall–Kier alpha value is -3.49. The fourth-order valence-corrected chi connectivity index (χ4v) is 6.83. The number of carbonyl (C=O) groups excluding carboxylic acids is 3. The van der Waals surface area contributed by atoms with Crippen LogP contribution in [0.1, 0.15) is 25.7 Å². The van der Waals surface area contributed by atoms with Crippen LogP contribution in [0.15, 0.2) is 67.8 Å². The Morgan fingerprint density at radius 1 is 1.10 bits per heavy atom. The van der Waals surface area contributed by atoms with Gasteiger partial charge in [-0.25, -0.2) is 0 Å². The number of unbranched alkanes of at least 4 members (excludes halogenated alkanes) is 1. The average Bonchev–Trinajstić information content (AvgIpc) is 3.58. The number of likely N-dealkylation sites (tertiary alicyclic amines) is 1. The quantitative estimate of drug-likeness (QED) is 0.355. The van der Waals surface area contributed by atoms with E-state index in [1.165, 1.54) is 0 Å². The highest BCUT2D eigenvalue weighted by molar-refractivity contribution is 6.05. The molecule has 2 unspecified atom stereocenters. The summed E-state index contributed by atoms with van der Waals surface area (Å²) in [6.45, 7) is 8.56. The normalized spacial score (nSPS) is 27.0. The van der Waals surface area contributed by atoms with Crippen LogP contribution < -0.4 is 4.90 Å². The SMILES string of the molecule is C=CCN(C)C(=O)[C@@H]1[C@@H]2CCC3(O2)C(C(=O)N(CC=C)c2ccc4ccccc4c2)N(CCCCO)C(=O)[C@H]13. The van der Waals surface area contributed by atoms with Crippen molar-refractivity contribution in [2.24, 2.45) is 11.8 Å². The van der Waals surface area contributed by atoms with Crippen LogP contribution in [0.4, 0.5) is 5.69 Å². The van der Waals surface area contributed by atoms with Crippen molar-refractivity contribution < 1.29 is 24.2 Å². The van der Waals surface area contributed by atoms with Gasteiger partial charge in [-0.05, 0) is 48.6 Å². The molecule has 3 heterocycles. The number of hydrogen-bond donors (Lipinski definition) is 1. The van der Waals surface area contributed by atoms with Crippen molar-refractivity contribution in [3.63, 3.8) is 0 Å². The van der Waals surface area contributed by atoms with E-state index in [9.17, 15) is 19.5 Å². The highest BCUT2D eigenvalue weighted by Crippen LogP contribution is 2.59. The van der Waals surface area contributed by atoms with E-state index in [4.69, 9.17) is 4.74 Å². The van der Waals surface area contributed by atoms with Gasteiger partial charge in [0.25, 0.3) is 5.91 Å². The van der Waals surface area contributed by atoms with Crippen molar-refractivity contribution in [3.8, 4) is 0 Å². The lowest BCUT2D eigenvalue weighted by Crippen LogP contribution is -2.56. The summed E-state index contributed by atoms with van der Waals surface area (Å²) in [5.74, 6) is -1.96. The first-order valence-electron chi connectivity index (χ1n) is 13.7. The van der Waals surface area contributed by atoms with E-state index in [0.29, 0.717) is 44.5 Å². The van der Waals surface area contributed by atoms with Crippen molar-refractivity contribution in [3.05, 3.63) is 67.8 Å². The van der Waals surface area contributed by atoms with Gasteiger partial charge in [-0.3, -0.25) is 14.4 Å². The molecule has 0 radical (unpaired) electrons. The first kappa shape index (κ1) is 27.1. The molecule has 3 fully saturated rings. The molecule has 3 amide bonds. The van der Waals surface area contributed by atoms with E-state index >= 15 is 0 Å². The molecule has 0 aliphatic carbocycles. The summed E-state index contributed by atoms with van der Waals surface area (Å²) in [6.07, 6.45) is 5.15. The minimum Gasteiger partial charge on any atom is -0.396 e. The highest BCUT2D eigenvalue weighted by atomic mass is 16.5. The zero-order valence-corrected chi connectivity index (χ0v) is 22.5. The lowest BCUT2D eigenvalue weighted by Gasteiger charge is -2.37. The van der Waals surface area contributed by atoms with Gasteiger partial charge in [-0.15, -0.1) is 13.2 Å². The third kappa shape index (κ3) is 4.45. The van der Waals surface area contributed by atoms with E-state index in [1.54, 1.807) is 33.9 Å². The standard InChI is InChI=1S/C31H37N3O5/c1-4-16-32(3)28(36)25-24-14-15-31(39-24)26(25)29(37)34(18-8-9-19-35)27(31)30(38)33(17-5-2)23-13-12-21-10-6-7-11-22(21)20-23/h4-7,10-13,20,24-27,35H,1-2,8-9,14-19H2,3H3/t24-,25+,26-,27?,31?/m0/s1. The number of fused-ring (bicyclic) bond motifs is 2. The number of nitrogens with zero attached hydrogens (tertiary/aromatic N) is 3. The van der Waals surface area contributed by atoms with Gasteiger partial charge < -0.3 is 24.5 Å². The number of aliphatic hydroxyl groups excluding tert-OH is 1. The van der Waals surface area contributed by atoms with Crippen LogP contribution in [-0.4, -0.2) is 83.7 Å². The Bertz CT molecular complexity index is 1290. The zero-order valence-electron chi connectivity index (χ0n) is 22.5. The molecule has 1 N–H and O–H groups in total. The molecule has 3 aliphatic rings. The molecular formula is C31H37N3O5. The van der Waals surface area contributed by atoms with Gasteiger partial charge in [0.1, 0.15) is 11.6 Å². The van der Waals surface area contributed by atoms with E-state index in [-0.39, 0.29) is 30.9 Å². The molecule has 3 aliphatic heterocycles. The Morgan fingerprint density at radius 3 is 2.56 bits per heavy atom. The minimum absolute atomic E-state index is 0.000919. The minimum atomic E-state index is -1.07. The summed E-state index contributed by atoms with van der Waals surface area (Å²) in [7, 11) is 1.70. The summed E-state index contributed by atoms with van der Waals surface area (Å²) in [4.78, 5) is 47.0. The second-order valence-corrected chi connectivity index (χ2v) is 10.8. The molecule has 5 atom stereocenters. The monoisotopic (exact) mass is 531 g/mol. The van der Waals surface area contributed by atoms with Gasteiger partial charge in [0, 0.05) is 39.0 Å². The Labute approximate surface area is 229 Å². The van der Waals surface area contributed by atoms with Gasteiger partial charge in [0.2, 0.25) is 11.8 Å². The number of rotatable bonds is 11. The maximum absolute atomic E-state index is 14.5. The third-order valence-electron chi connectivity index (χ3n) is 8.53. The van der Waals surface area contributed by atoms with Crippen LogP contribution in [0.2, 0.25) is 0 Å². The Kier molecular flexibility index (Phi) is 7.60. The first-order valence-corrected chi connectivity index (χ1v) is 13.7. The molecular weight excluding hydrogens is 494 g/mol. The number of hydrogen-bond acceptors (Lipinski definition) is 5. The molecule has 8 heteroatoms. The first-order chi connectivity index (χ1) is 18.9. The number of aliphatic hydroxyl groups is 1. The van der Waals surface area contributed by atoms with Crippen LogP contribution in [0.25, 0.3) is 10.8 Å². The van der Waals surface area contributed by atoms with Crippen LogP contribution in [0.3, 0.4) is 0 Å². The number of carbonyl (C=O) groups is 3. The molecule has 0 aromatic heterocycles. The summed E-state index contributed by atoms with van der Waals surface area (Å²) in [5.41, 5.74) is -0.351. The number of likely N-dealkylation sites (N-methyl/N-ethyl adjacent to an activating group) is 1. The number of ether oxygens (including phenoxy) is 1. The maximum atomic E-state index is 14.5. The number of benzene rings is 2. The molecule has 2 aromatic carbocycles. The lowest BCUT2D eigenvalue weighted by molar-refractivity contribution is -0.144. The summed E-state index contributed by atoms with van der Waals surface area (Å²) < 4.78 is 6.56. The highest BCUT2D eigenvalue weighted by Gasteiger charge is 2.74. The summed E-state index contributed by atoms with van der Waals surface area (Å²) in [6, 6.07) is 13.0. The van der Waals surface area contributed by atoms with Gasteiger partial charge in [0.05, 0.1) is 17.9 Å². The summed E-state index contributed by atoms with van der Waals surface area (Å²) >= 11 is 0. The molecule has 206 valence electrons. The van der Waals surface area contributed by atoms with E-state index in [2.05, 4.69) is 13.2 Å². The molecule has 39 heavy (non-hydrogen) atoms. The zero-order chi connectivity index (χ0) is 27.7. The topological polar surface area (TPSA) is 90.4 Å². The summed E-state index contributed by atoms with van der Waals surface area (Å²) in [5, 5.41) is 11.5. The molecule has 1 spiro atoms. The van der Waals surface area contributed by atoms with Crippen molar-refractivity contribution in [2.45, 2.75) is 43.4 Å². The molecule has 2 bridgehead atoms. The van der Waals surface area contributed by atoms with Crippen LogP contribution >= 0.6 is 0 Å². The molecule has 5 rings (SSSR count). The van der Waals surface area contributed by atoms with Gasteiger partial charge in [-0.2, -0.15) is 0 Å². The average molecular weight is 532 g/mol. The smallest absolute Gasteiger partial charge is 0.253 e. The Balaban J connectivity index is 1.55. The predicted molar refractivity (Wildman–Crippen MR) is 150 cm³/mol. The predicted octanol–water partition coefficient (Wildman–Crippen LogP) is 3.15. The fraction of sp³-hybridized carbons (Fsp3) is 0.452. The van der Waals surface area contributed by atoms with Crippen molar-refractivity contribution in [1.82, 2.24) is 9.80 Å². The van der Waals surface area contributed by atoms with Crippen LogP contribution in [-0.2, 0) is 19.1 Å². The number of anilines is 1. The number of amides is 3. The van der Waals surface area contributed by atoms with E-state index in [1.807, 2.05) is 42.5 Å². The Morgan fingerprint density at radius 2 is 1.85 bits per heavy atom. The molecule has 3 saturated heterocycles. The van der Waals surface area contributed by atoms with Crippen molar-refractivity contribution >= 4 is 34.2 Å².